The van der Waals surface area contributed by atoms with Gasteiger partial charge >= 0.3 is 0 Å². The average Bonchev–Trinajstić information content (AvgIpc) is 2.16. The van der Waals surface area contributed by atoms with Crippen molar-refractivity contribution in [1.82, 2.24) is 4.98 Å². The molecule has 0 atom stereocenters. The van der Waals surface area contributed by atoms with E-state index >= 15 is 0 Å². The first-order chi connectivity index (χ1) is 6.61. The fraction of sp³-hybridized carbons (Fsp3) is 0.250. The number of carbonyl (C=O) groups is 1. The summed E-state index contributed by atoms with van der Waals surface area (Å²) in [5, 5.41) is 0. The maximum atomic E-state index is 12.5. The number of halogens is 3. The Bertz CT molecular complexity index is 357. The van der Waals surface area contributed by atoms with Gasteiger partial charge in [0.15, 0.2) is 6.29 Å². The van der Waals surface area contributed by atoms with Gasteiger partial charge < -0.3 is 5.73 Å². The van der Waals surface area contributed by atoms with Gasteiger partial charge in [0.2, 0.25) is 0 Å². The van der Waals surface area contributed by atoms with Crippen LogP contribution in [0.2, 0.25) is 0 Å². The van der Waals surface area contributed by atoms with Crippen molar-refractivity contribution in [3.8, 4) is 0 Å². The first kappa shape index (κ1) is 11.2. The summed E-state index contributed by atoms with van der Waals surface area (Å²) in [6.45, 7) is -0.0406. The second-order valence-corrected chi connectivity index (χ2v) is 3.36. The molecule has 0 aliphatic heterocycles. The SMILES string of the molecule is NCc1ncc(Br)c(C(F)F)c1C=O. The van der Waals surface area contributed by atoms with Gasteiger partial charge in [0.1, 0.15) is 0 Å². The maximum Gasteiger partial charge on any atom is 0.265 e. The number of alkyl halides is 2. The van der Waals surface area contributed by atoms with E-state index in [0.29, 0.717) is 6.29 Å². The first-order valence-corrected chi connectivity index (χ1v) is 4.51. The van der Waals surface area contributed by atoms with Crippen molar-refractivity contribution in [3.63, 3.8) is 0 Å². The van der Waals surface area contributed by atoms with Crippen molar-refractivity contribution < 1.29 is 13.6 Å². The van der Waals surface area contributed by atoms with Gasteiger partial charge in [-0.15, -0.1) is 0 Å². The Morgan fingerprint density at radius 2 is 2.29 bits per heavy atom. The number of pyridine rings is 1. The van der Waals surface area contributed by atoms with E-state index in [0.717, 1.165) is 0 Å². The largest absolute Gasteiger partial charge is 0.325 e. The molecule has 0 spiro atoms. The Hall–Kier alpha value is -0.880. The third kappa shape index (κ3) is 1.96. The lowest BCUT2D eigenvalue weighted by Gasteiger charge is -2.09. The van der Waals surface area contributed by atoms with Gasteiger partial charge in [-0.05, 0) is 15.9 Å². The Balaban J connectivity index is 3.42. The molecule has 0 radical (unpaired) electrons. The zero-order chi connectivity index (χ0) is 10.7. The highest BCUT2D eigenvalue weighted by Gasteiger charge is 2.19. The topological polar surface area (TPSA) is 56.0 Å². The molecule has 3 nitrogen and oxygen atoms in total. The molecule has 0 aromatic carbocycles. The molecule has 2 N–H and O–H groups in total. The molecule has 1 rings (SSSR count). The summed E-state index contributed by atoms with van der Waals surface area (Å²) < 4.78 is 25.2. The van der Waals surface area contributed by atoms with E-state index in [-0.39, 0.29) is 27.8 Å². The van der Waals surface area contributed by atoms with Crippen molar-refractivity contribution in [1.29, 1.82) is 0 Å². The van der Waals surface area contributed by atoms with Crippen LogP contribution in [0.4, 0.5) is 8.78 Å². The van der Waals surface area contributed by atoms with Gasteiger partial charge in [0.05, 0.1) is 5.69 Å². The van der Waals surface area contributed by atoms with Crippen LogP contribution in [-0.2, 0) is 6.54 Å². The molecule has 0 unspecified atom stereocenters. The fourth-order valence-corrected chi connectivity index (χ4v) is 1.56. The number of hydrogen-bond acceptors (Lipinski definition) is 3. The van der Waals surface area contributed by atoms with Crippen LogP contribution in [-0.4, -0.2) is 11.3 Å². The molecule has 76 valence electrons. The molecule has 14 heavy (non-hydrogen) atoms. The summed E-state index contributed by atoms with van der Waals surface area (Å²) in [5.74, 6) is 0. The van der Waals surface area contributed by atoms with Crippen molar-refractivity contribution in [2.75, 3.05) is 0 Å². The molecule has 0 aliphatic rings. The van der Waals surface area contributed by atoms with Gasteiger partial charge in [0, 0.05) is 28.3 Å². The van der Waals surface area contributed by atoms with E-state index < -0.39 is 6.43 Å². The van der Waals surface area contributed by atoms with Crippen LogP contribution in [0.25, 0.3) is 0 Å². The van der Waals surface area contributed by atoms with E-state index in [2.05, 4.69) is 20.9 Å². The van der Waals surface area contributed by atoms with Gasteiger partial charge in [-0.3, -0.25) is 9.78 Å². The quantitative estimate of drug-likeness (QED) is 0.851. The van der Waals surface area contributed by atoms with E-state index in [1.807, 2.05) is 0 Å². The lowest BCUT2D eigenvalue weighted by atomic mass is 10.1. The lowest BCUT2D eigenvalue weighted by Crippen LogP contribution is -2.08. The van der Waals surface area contributed by atoms with E-state index in [9.17, 15) is 13.6 Å². The van der Waals surface area contributed by atoms with Crippen molar-refractivity contribution in [3.05, 3.63) is 27.5 Å². The molecular formula is C8H7BrF2N2O. The molecule has 0 bridgehead atoms. The Morgan fingerprint density at radius 1 is 1.64 bits per heavy atom. The average molecular weight is 265 g/mol. The Morgan fingerprint density at radius 3 is 2.71 bits per heavy atom. The van der Waals surface area contributed by atoms with E-state index in [1.54, 1.807) is 0 Å². The second kappa shape index (κ2) is 4.56. The lowest BCUT2D eigenvalue weighted by molar-refractivity contribution is 0.110. The van der Waals surface area contributed by atoms with Crippen LogP contribution in [0, 0.1) is 0 Å². The van der Waals surface area contributed by atoms with Crippen LogP contribution in [0.5, 0.6) is 0 Å². The standard InChI is InChI=1S/C8H7BrF2N2O/c9-5-2-13-6(1-12)4(3-14)7(5)8(10)11/h2-3,8H,1,12H2. The Kier molecular flexibility index (Phi) is 3.65. The Labute approximate surface area is 87.4 Å². The molecule has 0 saturated heterocycles. The molecule has 0 amide bonds. The van der Waals surface area contributed by atoms with Crippen molar-refractivity contribution in [2.24, 2.45) is 5.73 Å². The summed E-state index contributed by atoms with van der Waals surface area (Å²) in [6.07, 6.45) is -1.16. The van der Waals surface area contributed by atoms with Crippen molar-refractivity contribution in [2.45, 2.75) is 13.0 Å². The number of aldehydes is 1. The van der Waals surface area contributed by atoms with Crippen LogP contribution in [0.3, 0.4) is 0 Å². The molecule has 0 aliphatic carbocycles. The molecular weight excluding hydrogens is 258 g/mol. The summed E-state index contributed by atoms with van der Waals surface area (Å²) in [5.41, 5.74) is 4.96. The minimum absolute atomic E-state index is 0.0406. The number of aromatic nitrogens is 1. The molecule has 0 fully saturated rings. The third-order valence-corrected chi connectivity index (χ3v) is 2.35. The van der Waals surface area contributed by atoms with E-state index in [1.165, 1.54) is 6.20 Å². The summed E-state index contributed by atoms with van der Waals surface area (Å²) >= 11 is 2.91. The molecule has 1 aromatic heterocycles. The summed E-state index contributed by atoms with van der Waals surface area (Å²) in [7, 11) is 0. The van der Waals surface area contributed by atoms with Crippen LogP contribution in [0.15, 0.2) is 10.7 Å². The maximum absolute atomic E-state index is 12.5. The fourth-order valence-electron chi connectivity index (χ4n) is 1.07. The molecule has 0 saturated carbocycles. The predicted octanol–water partition coefficient (Wildman–Crippen LogP) is 2.05. The summed E-state index contributed by atoms with van der Waals surface area (Å²) in [6, 6.07) is 0. The van der Waals surface area contributed by atoms with Gasteiger partial charge in [-0.1, -0.05) is 0 Å². The van der Waals surface area contributed by atoms with Gasteiger partial charge in [-0.2, -0.15) is 0 Å². The third-order valence-electron chi connectivity index (χ3n) is 1.72. The van der Waals surface area contributed by atoms with Gasteiger partial charge in [-0.25, -0.2) is 8.78 Å². The number of nitrogens with two attached hydrogens (primary N) is 1. The van der Waals surface area contributed by atoms with Gasteiger partial charge in [0.25, 0.3) is 6.43 Å². The minimum atomic E-state index is -2.72. The van der Waals surface area contributed by atoms with E-state index in [4.69, 9.17) is 5.73 Å². The molecule has 1 heterocycles. The first-order valence-electron chi connectivity index (χ1n) is 3.72. The van der Waals surface area contributed by atoms with Crippen LogP contribution >= 0.6 is 15.9 Å². The number of nitrogens with zero attached hydrogens (tertiary/aromatic N) is 1. The highest BCUT2D eigenvalue weighted by molar-refractivity contribution is 9.10. The normalized spacial score (nSPS) is 10.6. The number of rotatable bonds is 3. The smallest absolute Gasteiger partial charge is 0.265 e. The monoisotopic (exact) mass is 264 g/mol. The number of carbonyl (C=O) groups excluding carboxylic acids is 1. The molecule has 6 heteroatoms. The second-order valence-electron chi connectivity index (χ2n) is 2.50. The highest BCUT2D eigenvalue weighted by Crippen LogP contribution is 2.30. The minimum Gasteiger partial charge on any atom is -0.325 e. The zero-order valence-electron chi connectivity index (χ0n) is 7.01. The van der Waals surface area contributed by atoms with Crippen LogP contribution < -0.4 is 5.73 Å². The highest BCUT2D eigenvalue weighted by atomic mass is 79.9. The predicted molar refractivity (Wildman–Crippen MR) is 50.2 cm³/mol. The van der Waals surface area contributed by atoms with Crippen molar-refractivity contribution >= 4 is 22.2 Å². The molecule has 1 aromatic rings. The number of hydrogen-bond donors (Lipinski definition) is 1. The zero-order valence-corrected chi connectivity index (χ0v) is 8.59. The van der Waals surface area contributed by atoms with Crippen LogP contribution in [0.1, 0.15) is 28.0 Å². The summed E-state index contributed by atoms with van der Waals surface area (Å²) in [4.78, 5) is 14.4.